The summed E-state index contributed by atoms with van der Waals surface area (Å²) in [6.07, 6.45) is 1.14. The van der Waals surface area contributed by atoms with Crippen LogP contribution in [0.2, 0.25) is 0 Å². The van der Waals surface area contributed by atoms with Crippen molar-refractivity contribution in [3.8, 4) is 0 Å². The highest BCUT2D eigenvalue weighted by Crippen LogP contribution is 2.34. The third-order valence-electron chi connectivity index (χ3n) is 5.86. The molecular formula is C28H29F2N3O2. The number of benzene rings is 2. The summed E-state index contributed by atoms with van der Waals surface area (Å²) in [4.78, 5) is 19.6. The molecule has 0 aliphatic carbocycles. The van der Waals surface area contributed by atoms with Crippen molar-refractivity contribution in [2.24, 2.45) is 0 Å². The first-order valence-corrected chi connectivity index (χ1v) is 11.5. The first kappa shape index (κ1) is 24.4. The van der Waals surface area contributed by atoms with E-state index >= 15 is 0 Å². The molecule has 0 spiro atoms. The number of hydrogen-bond acceptors (Lipinski definition) is 3. The fourth-order valence-electron chi connectivity index (χ4n) is 4.10. The average Bonchev–Trinajstić information content (AvgIpc) is 3.03. The Morgan fingerprint density at radius 2 is 1.71 bits per heavy atom. The highest BCUT2D eigenvalue weighted by Gasteiger charge is 2.27. The Bertz CT molecular complexity index is 1370. The first-order valence-electron chi connectivity index (χ1n) is 11.5. The van der Waals surface area contributed by atoms with Crippen LogP contribution in [0, 0.1) is 25.5 Å². The van der Waals surface area contributed by atoms with E-state index in [9.17, 15) is 13.6 Å². The van der Waals surface area contributed by atoms with Crippen molar-refractivity contribution in [3.63, 3.8) is 0 Å². The van der Waals surface area contributed by atoms with Gasteiger partial charge in [0.25, 0.3) is 0 Å². The van der Waals surface area contributed by atoms with Crippen molar-refractivity contribution in [2.45, 2.75) is 53.3 Å². The maximum absolute atomic E-state index is 13.9. The van der Waals surface area contributed by atoms with Crippen LogP contribution in [0.15, 0.2) is 60.8 Å². The van der Waals surface area contributed by atoms with Gasteiger partial charge in [0.2, 0.25) is 0 Å². The Labute approximate surface area is 204 Å². The molecule has 35 heavy (non-hydrogen) atoms. The summed E-state index contributed by atoms with van der Waals surface area (Å²) in [7, 11) is 0. The molecular weight excluding hydrogens is 448 g/mol. The molecule has 4 rings (SSSR count). The van der Waals surface area contributed by atoms with E-state index in [0.717, 1.165) is 33.4 Å². The van der Waals surface area contributed by atoms with Gasteiger partial charge in [-0.2, -0.15) is 0 Å². The number of nitrogens with zero attached hydrogens (tertiary/aromatic N) is 3. The molecule has 0 aliphatic heterocycles. The second-order valence-corrected chi connectivity index (χ2v) is 9.65. The molecule has 2 aromatic carbocycles. The number of carbonyl (C=O) groups excluding carboxylic acids is 1. The molecule has 2 heterocycles. The molecule has 0 bridgehead atoms. The van der Waals surface area contributed by atoms with Gasteiger partial charge < -0.3 is 9.30 Å². The molecule has 5 nitrogen and oxygen atoms in total. The van der Waals surface area contributed by atoms with Gasteiger partial charge in [-0.25, -0.2) is 13.6 Å². The van der Waals surface area contributed by atoms with Crippen molar-refractivity contribution in [3.05, 3.63) is 94.8 Å². The summed E-state index contributed by atoms with van der Waals surface area (Å²) < 4.78 is 35.2. The van der Waals surface area contributed by atoms with E-state index in [0.29, 0.717) is 12.2 Å². The molecule has 0 atom stereocenters. The molecule has 0 saturated heterocycles. The van der Waals surface area contributed by atoms with Crippen LogP contribution in [0.1, 0.15) is 43.2 Å². The fraction of sp³-hybridized carbons (Fsp3) is 0.286. The van der Waals surface area contributed by atoms with Gasteiger partial charge in [-0.1, -0.05) is 24.3 Å². The number of carbonyl (C=O) groups is 1. The van der Waals surface area contributed by atoms with Gasteiger partial charge in [0.1, 0.15) is 17.2 Å². The number of aromatic nitrogens is 2. The van der Waals surface area contributed by atoms with Crippen LogP contribution in [-0.4, -0.2) is 21.2 Å². The Hall–Kier alpha value is -3.74. The normalized spacial score (nSPS) is 11.6. The fourth-order valence-corrected chi connectivity index (χ4v) is 4.10. The summed E-state index contributed by atoms with van der Waals surface area (Å²) in [6.45, 7) is 9.98. The predicted molar refractivity (Wildman–Crippen MR) is 134 cm³/mol. The molecule has 0 aliphatic rings. The third-order valence-corrected chi connectivity index (χ3v) is 5.86. The van der Waals surface area contributed by atoms with Crippen LogP contribution in [-0.2, 0) is 17.8 Å². The van der Waals surface area contributed by atoms with E-state index in [1.54, 1.807) is 35.4 Å². The summed E-state index contributed by atoms with van der Waals surface area (Å²) >= 11 is 0. The lowest BCUT2D eigenvalue weighted by Crippen LogP contribution is -2.36. The van der Waals surface area contributed by atoms with Gasteiger partial charge >= 0.3 is 6.09 Å². The van der Waals surface area contributed by atoms with Crippen molar-refractivity contribution in [1.29, 1.82) is 0 Å². The van der Waals surface area contributed by atoms with Gasteiger partial charge in [-0.05, 0) is 81.6 Å². The van der Waals surface area contributed by atoms with Gasteiger partial charge in [0.05, 0.1) is 23.3 Å². The zero-order chi connectivity index (χ0) is 25.3. The number of fused-ring (bicyclic) bond motifs is 1. The summed E-state index contributed by atoms with van der Waals surface area (Å²) in [5.74, 6) is -0.655. The van der Waals surface area contributed by atoms with Crippen molar-refractivity contribution >= 4 is 22.8 Å². The average molecular weight is 478 g/mol. The SMILES string of the molecule is Cc1c(C)n(Cc2cccc(F)c2)c2c(N(Cc3ccc(F)cc3)C(=O)OC(C)(C)C)ccnc12. The molecule has 7 heteroatoms. The second kappa shape index (κ2) is 9.49. The predicted octanol–water partition coefficient (Wildman–Crippen LogP) is 6.92. The monoisotopic (exact) mass is 477 g/mol. The molecule has 2 aromatic heterocycles. The van der Waals surface area contributed by atoms with E-state index in [1.165, 1.54) is 24.3 Å². The van der Waals surface area contributed by atoms with E-state index in [-0.39, 0.29) is 18.2 Å². The van der Waals surface area contributed by atoms with Crippen LogP contribution in [0.3, 0.4) is 0 Å². The Morgan fingerprint density at radius 1 is 1.00 bits per heavy atom. The smallest absolute Gasteiger partial charge is 0.415 e. The summed E-state index contributed by atoms with van der Waals surface area (Å²) in [5.41, 5.74) is 4.89. The van der Waals surface area contributed by atoms with Crippen LogP contribution in [0.4, 0.5) is 19.3 Å². The largest absolute Gasteiger partial charge is 0.443 e. The number of pyridine rings is 1. The molecule has 0 fully saturated rings. The molecule has 182 valence electrons. The number of halogens is 2. The first-order chi connectivity index (χ1) is 16.5. The number of amides is 1. The highest BCUT2D eigenvalue weighted by molar-refractivity contribution is 6.00. The lowest BCUT2D eigenvalue weighted by molar-refractivity contribution is 0.0578. The van der Waals surface area contributed by atoms with Gasteiger partial charge in [0.15, 0.2) is 0 Å². The number of rotatable bonds is 5. The number of hydrogen-bond donors (Lipinski definition) is 0. The van der Waals surface area contributed by atoms with Gasteiger partial charge in [-0.3, -0.25) is 9.88 Å². The van der Waals surface area contributed by atoms with Crippen molar-refractivity contribution < 1.29 is 18.3 Å². The molecule has 1 amide bonds. The molecule has 0 N–H and O–H groups in total. The Kier molecular flexibility index (Phi) is 6.61. The van der Waals surface area contributed by atoms with Crippen LogP contribution >= 0.6 is 0 Å². The second-order valence-electron chi connectivity index (χ2n) is 9.65. The van der Waals surface area contributed by atoms with Gasteiger partial charge in [0, 0.05) is 18.4 Å². The van der Waals surface area contributed by atoms with Crippen LogP contribution in [0.5, 0.6) is 0 Å². The Morgan fingerprint density at radius 3 is 2.37 bits per heavy atom. The number of aryl methyl sites for hydroxylation is 1. The van der Waals surface area contributed by atoms with Crippen molar-refractivity contribution in [1.82, 2.24) is 9.55 Å². The minimum atomic E-state index is -0.709. The number of ether oxygens (including phenoxy) is 1. The number of anilines is 1. The minimum Gasteiger partial charge on any atom is -0.443 e. The minimum absolute atomic E-state index is 0.178. The third kappa shape index (κ3) is 5.34. The maximum atomic E-state index is 13.9. The van der Waals surface area contributed by atoms with E-state index in [4.69, 9.17) is 4.74 Å². The molecule has 0 radical (unpaired) electrons. The Balaban J connectivity index is 1.88. The topological polar surface area (TPSA) is 47.4 Å². The van der Waals surface area contributed by atoms with E-state index in [2.05, 4.69) is 4.98 Å². The van der Waals surface area contributed by atoms with Crippen LogP contribution in [0.25, 0.3) is 11.0 Å². The zero-order valence-corrected chi connectivity index (χ0v) is 20.6. The lowest BCUT2D eigenvalue weighted by Gasteiger charge is -2.28. The van der Waals surface area contributed by atoms with E-state index < -0.39 is 11.7 Å². The molecule has 4 aromatic rings. The summed E-state index contributed by atoms with van der Waals surface area (Å²) in [5, 5.41) is 0. The summed E-state index contributed by atoms with van der Waals surface area (Å²) in [6, 6.07) is 14.3. The maximum Gasteiger partial charge on any atom is 0.415 e. The molecule has 0 unspecified atom stereocenters. The zero-order valence-electron chi connectivity index (χ0n) is 20.6. The van der Waals surface area contributed by atoms with Gasteiger partial charge in [-0.15, -0.1) is 0 Å². The van der Waals surface area contributed by atoms with E-state index in [1.807, 2.05) is 45.3 Å². The molecule has 0 saturated carbocycles. The lowest BCUT2D eigenvalue weighted by atomic mass is 10.1. The standard InChI is InChI=1S/C28H29F2N3O2/c1-18-19(2)32(17-21-7-6-8-23(30)15-21)26-24(13-14-31-25(18)26)33(27(34)35-28(3,4)5)16-20-9-11-22(29)12-10-20/h6-15H,16-17H2,1-5H3. The quantitative estimate of drug-likeness (QED) is 0.313. The van der Waals surface area contributed by atoms with Crippen molar-refractivity contribution in [2.75, 3.05) is 4.90 Å². The highest BCUT2D eigenvalue weighted by atomic mass is 19.1. The van der Waals surface area contributed by atoms with Crippen LogP contribution < -0.4 is 4.90 Å².